The second kappa shape index (κ2) is 7.78. The van der Waals surface area contributed by atoms with Crippen molar-refractivity contribution in [3.63, 3.8) is 0 Å². The predicted octanol–water partition coefficient (Wildman–Crippen LogP) is 3.86. The average molecular weight is 363 g/mol. The van der Waals surface area contributed by atoms with Gasteiger partial charge in [-0.3, -0.25) is 4.79 Å². The van der Waals surface area contributed by atoms with Gasteiger partial charge in [-0.05, 0) is 51.2 Å². The molecular weight excluding hydrogens is 343 g/mol. The molecule has 1 fully saturated rings. The number of nitrogens with zero attached hydrogens (tertiary/aromatic N) is 1. The highest BCUT2D eigenvalue weighted by Crippen LogP contribution is 2.21. The van der Waals surface area contributed by atoms with Crippen molar-refractivity contribution in [1.82, 2.24) is 4.90 Å². The van der Waals surface area contributed by atoms with Crippen molar-refractivity contribution >= 4 is 17.3 Å². The molecule has 138 valence electrons. The quantitative estimate of drug-likeness (QED) is 0.867. The first-order valence-electron chi connectivity index (χ1n) is 8.43. The molecule has 1 aliphatic rings. The minimum Gasteiger partial charge on any atom is -0.382 e. The van der Waals surface area contributed by atoms with Gasteiger partial charge in [0, 0.05) is 29.5 Å². The van der Waals surface area contributed by atoms with Crippen LogP contribution in [0.25, 0.3) is 0 Å². The molecule has 2 N–H and O–H groups in total. The molecule has 0 unspecified atom stereocenters. The molecule has 1 amide bonds. The number of hydrogen-bond donors (Lipinski definition) is 2. The summed E-state index contributed by atoms with van der Waals surface area (Å²) in [7, 11) is 2.08. The Labute approximate surface area is 150 Å². The van der Waals surface area contributed by atoms with Gasteiger partial charge in [-0.1, -0.05) is 6.07 Å². The van der Waals surface area contributed by atoms with Gasteiger partial charge >= 0.3 is 0 Å². The number of carbonyl (C=O) groups is 1. The Bertz CT molecular complexity index is 781. The Morgan fingerprint density at radius 1 is 1.04 bits per heavy atom. The molecule has 1 aliphatic heterocycles. The predicted molar refractivity (Wildman–Crippen MR) is 94.9 cm³/mol. The van der Waals surface area contributed by atoms with E-state index < -0.39 is 28.9 Å². The largest absolute Gasteiger partial charge is 0.382 e. The Morgan fingerprint density at radius 2 is 1.65 bits per heavy atom. The maximum absolute atomic E-state index is 13.7. The molecule has 0 atom stereocenters. The van der Waals surface area contributed by atoms with E-state index in [-0.39, 0.29) is 0 Å². The van der Waals surface area contributed by atoms with Crippen molar-refractivity contribution in [2.24, 2.45) is 0 Å². The van der Waals surface area contributed by atoms with E-state index in [1.165, 1.54) is 0 Å². The second-order valence-corrected chi connectivity index (χ2v) is 6.50. The van der Waals surface area contributed by atoms with Gasteiger partial charge in [0.1, 0.15) is 23.0 Å². The zero-order valence-corrected chi connectivity index (χ0v) is 14.4. The minimum atomic E-state index is -1.24. The van der Waals surface area contributed by atoms with E-state index in [9.17, 15) is 18.0 Å². The number of carbonyl (C=O) groups excluding carboxylic acids is 1. The fourth-order valence-corrected chi connectivity index (χ4v) is 3.03. The highest BCUT2D eigenvalue weighted by Gasteiger charge is 2.20. The third kappa shape index (κ3) is 4.35. The summed E-state index contributed by atoms with van der Waals surface area (Å²) < 4.78 is 40.4. The zero-order valence-electron chi connectivity index (χ0n) is 14.4. The fraction of sp³-hybridized carbons (Fsp3) is 0.316. The van der Waals surface area contributed by atoms with Crippen molar-refractivity contribution < 1.29 is 18.0 Å². The second-order valence-electron chi connectivity index (χ2n) is 6.50. The first-order valence-corrected chi connectivity index (χ1v) is 8.43. The lowest BCUT2D eigenvalue weighted by molar-refractivity contribution is 0.101. The lowest BCUT2D eigenvalue weighted by Gasteiger charge is -2.30. The van der Waals surface area contributed by atoms with Gasteiger partial charge in [0.2, 0.25) is 0 Å². The fourth-order valence-electron chi connectivity index (χ4n) is 3.03. The van der Waals surface area contributed by atoms with Gasteiger partial charge < -0.3 is 15.5 Å². The van der Waals surface area contributed by atoms with Crippen LogP contribution in [0.15, 0.2) is 36.4 Å². The monoisotopic (exact) mass is 363 g/mol. The first kappa shape index (κ1) is 18.3. The van der Waals surface area contributed by atoms with Crippen LogP contribution < -0.4 is 10.6 Å². The number of rotatable bonds is 4. The van der Waals surface area contributed by atoms with Crippen molar-refractivity contribution in [3.05, 3.63) is 59.4 Å². The molecular formula is C19H20F3N3O. The molecule has 3 rings (SSSR count). The highest BCUT2D eigenvalue weighted by molar-refractivity contribution is 6.04. The molecule has 2 aromatic rings. The van der Waals surface area contributed by atoms with Gasteiger partial charge in [0.25, 0.3) is 5.91 Å². The van der Waals surface area contributed by atoms with Crippen LogP contribution in [-0.2, 0) is 0 Å². The van der Waals surface area contributed by atoms with E-state index in [0.717, 1.165) is 31.6 Å². The van der Waals surface area contributed by atoms with Crippen LogP contribution >= 0.6 is 0 Å². The van der Waals surface area contributed by atoms with E-state index in [1.54, 1.807) is 18.2 Å². The summed E-state index contributed by atoms with van der Waals surface area (Å²) in [4.78, 5) is 14.4. The van der Waals surface area contributed by atoms with Crippen LogP contribution in [0, 0.1) is 17.5 Å². The summed E-state index contributed by atoms with van der Waals surface area (Å²) in [5.74, 6) is -4.50. The SMILES string of the molecule is CN1CCC(Nc2cccc(NC(=O)c3c(F)cc(F)cc3F)c2)CC1. The molecule has 0 bridgehead atoms. The molecule has 0 spiro atoms. The number of nitrogens with one attached hydrogen (secondary N) is 2. The molecule has 0 saturated carbocycles. The smallest absolute Gasteiger partial charge is 0.261 e. The lowest BCUT2D eigenvalue weighted by atomic mass is 10.1. The van der Waals surface area contributed by atoms with E-state index in [0.29, 0.717) is 23.9 Å². The maximum Gasteiger partial charge on any atom is 0.261 e. The zero-order chi connectivity index (χ0) is 18.7. The molecule has 7 heteroatoms. The summed E-state index contributed by atoms with van der Waals surface area (Å²) in [5, 5.41) is 5.86. The van der Waals surface area contributed by atoms with Gasteiger partial charge in [-0.25, -0.2) is 13.2 Å². The number of halogens is 3. The summed E-state index contributed by atoms with van der Waals surface area (Å²) >= 11 is 0. The molecule has 0 aromatic heterocycles. The van der Waals surface area contributed by atoms with Gasteiger partial charge in [0.15, 0.2) is 0 Å². The standard InChI is InChI=1S/C19H20F3N3O/c1-25-7-5-13(6-8-25)23-14-3-2-4-15(11-14)24-19(26)18-16(21)9-12(20)10-17(18)22/h2-4,9-11,13,23H,5-8H2,1H3,(H,24,26). The van der Waals surface area contributed by atoms with E-state index >= 15 is 0 Å². The summed E-state index contributed by atoms with van der Waals surface area (Å²) in [6.45, 7) is 2.02. The number of likely N-dealkylation sites (tertiary alicyclic amines) is 1. The third-order valence-electron chi connectivity index (χ3n) is 4.44. The van der Waals surface area contributed by atoms with Crippen molar-refractivity contribution in [1.29, 1.82) is 0 Å². The van der Waals surface area contributed by atoms with Crippen molar-refractivity contribution in [2.75, 3.05) is 30.8 Å². The summed E-state index contributed by atoms with van der Waals surface area (Å²) in [5.41, 5.74) is 0.411. The normalized spacial score (nSPS) is 15.7. The van der Waals surface area contributed by atoms with E-state index in [2.05, 4.69) is 22.6 Å². The van der Waals surface area contributed by atoms with Crippen LogP contribution in [0.1, 0.15) is 23.2 Å². The molecule has 1 heterocycles. The molecule has 0 aliphatic carbocycles. The van der Waals surface area contributed by atoms with E-state index in [4.69, 9.17) is 0 Å². The number of anilines is 2. The van der Waals surface area contributed by atoms with Gasteiger partial charge in [-0.15, -0.1) is 0 Å². The Hall–Kier alpha value is -2.54. The summed E-state index contributed by atoms with van der Waals surface area (Å²) in [6.07, 6.45) is 2.03. The first-order chi connectivity index (χ1) is 12.4. The average Bonchev–Trinajstić information content (AvgIpc) is 2.56. The van der Waals surface area contributed by atoms with Crippen LogP contribution in [0.5, 0.6) is 0 Å². The van der Waals surface area contributed by atoms with Crippen molar-refractivity contribution in [2.45, 2.75) is 18.9 Å². The number of hydrogen-bond acceptors (Lipinski definition) is 3. The number of piperidine rings is 1. The molecule has 26 heavy (non-hydrogen) atoms. The van der Waals surface area contributed by atoms with E-state index in [1.807, 2.05) is 6.07 Å². The van der Waals surface area contributed by atoms with Gasteiger partial charge in [-0.2, -0.15) is 0 Å². The van der Waals surface area contributed by atoms with Gasteiger partial charge in [0.05, 0.1) is 0 Å². The third-order valence-corrected chi connectivity index (χ3v) is 4.44. The highest BCUT2D eigenvalue weighted by atomic mass is 19.1. The minimum absolute atomic E-state index is 0.337. The van der Waals surface area contributed by atoms with Crippen LogP contribution in [0.3, 0.4) is 0 Å². The lowest BCUT2D eigenvalue weighted by Crippen LogP contribution is -2.36. The Morgan fingerprint density at radius 3 is 2.31 bits per heavy atom. The molecule has 2 aromatic carbocycles. The summed E-state index contributed by atoms with van der Waals surface area (Å²) in [6, 6.07) is 8.24. The Balaban J connectivity index is 1.70. The topological polar surface area (TPSA) is 44.4 Å². The number of benzene rings is 2. The number of amides is 1. The molecule has 1 saturated heterocycles. The van der Waals surface area contributed by atoms with Crippen LogP contribution in [0.4, 0.5) is 24.5 Å². The van der Waals surface area contributed by atoms with Crippen LogP contribution in [0.2, 0.25) is 0 Å². The van der Waals surface area contributed by atoms with Crippen molar-refractivity contribution in [3.8, 4) is 0 Å². The maximum atomic E-state index is 13.7. The molecule has 0 radical (unpaired) electrons. The van der Waals surface area contributed by atoms with Crippen LogP contribution in [-0.4, -0.2) is 37.0 Å². The Kier molecular flexibility index (Phi) is 5.46. The molecule has 4 nitrogen and oxygen atoms in total.